The van der Waals surface area contributed by atoms with Gasteiger partial charge >= 0.3 is 6.18 Å². The number of rotatable bonds is 6. The maximum absolute atomic E-state index is 13.2. The average molecular weight is 316 g/mol. The highest BCUT2D eigenvalue weighted by atomic mass is 19.4. The Hall–Kier alpha value is -1.56. The van der Waals surface area contributed by atoms with Crippen molar-refractivity contribution in [2.45, 2.75) is 44.8 Å². The average Bonchev–Trinajstić information content (AvgIpc) is 2.44. The summed E-state index contributed by atoms with van der Waals surface area (Å²) in [5.74, 6) is -2.45. The zero-order valence-electron chi connectivity index (χ0n) is 13.1. The van der Waals surface area contributed by atoms with E-state index in [4.69, 9.17) is 5.73 Å². The zero-order chi connectivity index (χ0) is 17.0. The van der Waals surface area contributed by atoms with Crippen molar-refractivity contribution in [3.8, 4) is 0 Å². The molecule has 0 saturated carbocycles. The molecule has 0 aliphatic carbocycles. The maximum Gasteiger partial charge on any atom is 0.396 e. The van der Waals surface area contributed by atoms with Gasteiger partial charge in [0, 0.05) is 13.0 Å². The van der Waals surface area contributed by atoms with Crippen molar-refractivity contribution in [3.05, 3.63) is 35.9 Å². The Bertz CT molecular complexity index is 488. The van der Waals surface area contributed by atoms with Crippen molar-refractivity contribution in [1.82, 2.24) is 5.32 Å². The van der Waals surface area contributed by atoms with Gasteiger partial charge in [0.2, 0.25) is 5.91 Å². The fourth-order valence-corrected chi connectivity index (χ4v) is 2.09. The minimum Gasteiger partial charge on any atom is -0.349 e. The number of hydrogen-bond acceptors (Lipinski definition) is 2. The van der Waals surface area contributed by atoms with Crippen LogP contribution < -0.4 is 11.1 Å². The molecule has 6 heteroatoms. The monoisotopic (exact) mass is 316 g/mol. The van der Waals surface area contributed by atoms with Crippen LogP contribution >= 0.6 is 0 Å². The summed E-state index contributed by atoms with van der Waals surface area (Å²) in [7, 11) is 0. The Balaban J connectivity index is 2.90. The van der Waals surface area contributed by atoms with Crippen molar-refractivity contribution >= 4 is 5.91 Å². The molecule has 1 amide bonds. The van der Waals surface area contributed by atoms with Gasteiger partial charge in [0.1, 0.15) is 0 Å². The molecule has 0 heterocycles. The molecule has 1 aromatic rings. The summed E-state index contributed by atoms with van der Waals surface area (Å²) in [6.07, 6.45) is -5.12. The molecule has 0 spiro atoms. The predicted octanol–water partition coefficient (Wildman–Crippen LogP) is 3.21. The molecule has 1 rings (SSSR count). The second-order valence-corrected chi connectivity index (χ2v) is 6.03. The van der Waals surface area contributed by atoms with E-state index in [0.29, 0.717) is 0 Å². The summed E-state index contributed by atoms with van der Waals surface area (Å²) >= 11 is 0. The van der Waals surface area contributed by atoms with Crippen LogP contribution in [0.25, 0.3) is 0 Å². The van der Waals surface area contributed by atoms with E-state index in [1.807, 2.05) is 13.8 Å². The third-order valence-corrected chi connectivity index (χ3v) is 4.11. The number of halogens is 3. The first-order chi connectivity index (χ1) is 10.1. The van der Waals surface area contributed by atoms with Gasteiger partial charge < -0.3 is 11.1 Å². The summed E-state index contributed by atoms with van der Waals surface area (Å²) < 4.78 is 39.7. The second-order valence-electron chi connectivity index (χ2n) is 6.03. The first-order valence-electron chi connectivity index (χ1n) is 7.23. The lowest BCUT2D eigenvalue weighted by molar-refractivity contribution is -0.157. The van der Waals surface area contributed by atoms with Crippen molar-refractivity contribution in [3.63, 3.8) is 0 Å². The van der Waals surface area contributed by atoms with E-state index in [1.54, 1.807) is 13.0 Å². The normalized spacial score (nSPS) is 16.2. The van der Waals surface area contributed by atoms with Crippen LogP contribution in [-0.2, 0) is 4.79 Å². The summed E-state index contributed by atoms with van der Waals surface area (Å²) in [5.41, 5.74) is 5.02. The fourth-order valence-electron chi connectivity index (χ4n) is 2.09. The molecule has 0 aliphatic rings. The quantitative estimate of drug-likeness (QED) is 0.847. The van der Waals surface area contributed by atoms with E-state index in [-0.39, 0.29) is 18.0 Å². The van der Waals surface area contributed by atoms with E-state index < -0.39 is 30.0 Å². The third-order valence-electron chi connectivity index (χ3n) is 4.11. The van der Waals surface area contributed by atoms with Crippen LogP contribution in [0.5, 0.6) is 0 Å². The number of amides is 1. The lowest BCUT2D eigenvalue weighted by Crippen LogP contribution is -2.55. The van der Waals surface area contributed by atoms with Gasteiger partial charge in [0.15, 0.2) is 0 Å². The Morgan fingerprint density at radius 3 is 2.18 bits per heavy atom. The van der Waals surface area contributed by atoms with Crippen molar-refractivity contribution in [2.75, 3.05) is 6.54 Å². The van der Waals surface area contributed by atoms with Crippen molar-refractivity contribution in [2.24, 2.45) is 11.7 Å². The van der Waals surface area contributed by atoms with Crippen LogP contribution in [0.2, 0.25) is 0 Å². The zero-order valence-corrected chi connectivity index (χ0v) is 13.1. The molecule has 2 unspecified atom stereocenters. The molecule has 3 N–H and O–H groups in total. The molecule has 2 atom stereocenters. The van der Waals surface area contributed by atoms with Crippen LogP contribution in [0, 0.1) is 5.92 Å². The second kappa shape index (κ2) is 7.13. The highest BCUT2D eigenvalue weighted by Crippen LogP contribution is 2.37. The molecule has 0 aliphatic heterocycles. The predicted molar refractivity (Wildman–Crippen MR) is 80.3 cm³/mol. The van der Waals surface area contributed by atoms with E-state index in [1.165, 1.54) is 24.3 Å². The Labute approximate surface area is 129 Å². The van der Waals surface area contributed by atoms with Crippen molar-refractivity contribution < 1.29 is 18.0 Å². The lowest BCUT2D eigenvalue weighted by atomic mass is 9.87. The summed E-state index contributed by atoms with van der Waals surface area (Å²) in [5, 5.41) is 2.65. The largest absolute Gasteiger partial charge is 0.396 e. The number of hydrogen-bond donors (Lipinski definition) is 2. The molecule has 124 valence electrons. The van der Waals surface area contributed by atoms with E-state index in [0.717, 1.165) is 0 Å². The summed E-state index contributed by atoms with van der Waals surface area (Å²) in [4.78, 5) is 12.1. The molecule has 0 bridgehead atoms. The van der Waals surface area contributed by atoms with Crippen LogP contribution in [0.3, 0.4) is 0 Å². The number of nitrogens with one attached hydrogen (secondary N) is 1. The highest BCUT2D eigenvalue weighted by Gasteiger charge is 2.42. The van der Waals surface area contributed by atoms with Crippen LogP contribution in [0.1, 0.15) is 38.7 Å². The van der Waals surface area contributed by atoms with Crippen LogP contribution in [-0.4, -0.2) is 24.2 Å². The van der Waals surface area contributed by atoms with Gasteiger partial charge in [-0.15, -0.1) is 0 Å². The SMILES string of the molecule is CC(C)C(C)(CN)NC(=O)CC(c1ccccc1)C(F)(F)F. The molecule has 0 fully saturated rings. The topological polar surface area (TPSA) is 55.1 Å². The summed E-state index contributed by atoms with van der Waals surface area (Å²) in [6, 6.07) is 7.47. The van der Waals surface area contributed by atoms with Gasteiger partial charge in [0.25, 0.3) is 0 Å². The Morgan fingerprint density at radius 1 is 1.23 bits per heavy atom. The molecular weight excluding hydrogens is 293 g/mol. The van der Waals surface area contributed by atoms with E-state index in [9.17, 15) is 18.0 Å². The van der Waals surface area contributed by atoms with Crippen molar-refractivity contribution in [1.29, 1.82) is 0 Å². The smallest absolute Gasteiger partial charge is 0.349 e. The first-order valence-corrected chi connectivity index (χ1v) is 7.23. The minimum absolute atomic E-state index is 0.0162. The molecule has 0 radical (unpaired) electrons. The Morgan fingerprint density at radius 2 is 1.77 bits per heavy atom. The van der Waals surface area contributed by atoms with Gasteiger partial charge in [-0.1, -0.05) is 44.2 Å². The maximum atomic E-state index is 13.2. The molecule has 0 aromatic heterocycles. The molecule has 22 heavy (non-hydrogen) atoms. The van der Waals surface area contributed by atoms with Gasteiger partial charge in [0.05, 0.1) is 11.5 Å². The van der Waals surface area contributed by atoms with Gasteiger partial charge in [-0.05, 0) is 18.4 Å². The minimum atomic E-state index is -4.48. The number of benzene rings is 1. The number of carbonyl (C=O) groups is 1. The van der Waals surface area contributed by atoms with Gasteiger partial charge in [-0.25, -0.2) is 0 Å². The standard InChI is InChI=1S/C16H23F3N2O/c1-11(2)15(3,10-20)21-14(22)9-13(16(17,18)19)12-7-5-4-6-8-12/h4-8,11,13H,9-10,20H2,1-3H3,(H,21,22). The van der Waals surface area contributed by atoms with E-state index in [2.05, 4.69) is 5.32 Å². The number of alkyl halides is 3. The first kappa shape index (κ1) is 18.5. The fraction of sp³-hybridized carbons (Fsp3) is 0.562. The molecule has 0 saturated heterocycles. The number of carbonyl (C=O) groups excluding carboxylic acids is 1. The molecule has 3 nitrogen and oxygen atoms in total. The molecular formula is C16H23F3N2O. The van der Waals surface area contributed by atoms with Gasteiger partial charge in [-0.3, -0.25) is 4.79 Å². The van der Waals surface area contributed by atoms with Crippen LogP contribution in [0.15, 0.2) is 30.3 Å². The molecule has 1 aromatic carbocycles. The lowest BCUT2D eigenvalue weighted by Gasteiger charge is -2.34. The Kier molecular flexibility index (Phi) is 6.00. The number of nitrogens with two attached hydrogens (primary N) is 1. The van der Waals surface area contributed by atoms with Gasteiger partial charge in [-0.2, -0.15) is 13.2 Å². The van der Waals surface area contributed by atoms with E-state index >= 15 is 0 Å². The highest BCUT2D eigenvalue weighted by molar-refractivity contribution is 5.78. The van der Waals surface area contributed by atoms with Crippen LogP contribution in [0.4, 0.5) is 13.2 Å². The summed E-state index contributed by atoms with van der Waals surface area (Å²) in [6.45, 7) is 5.64. The third kappa shape index (κ3) is 4.73.